The number of hydrogen-bond acceptors (Lipinski definition) is 8. The fourth-order valence-corrected chi connectivity index (χ4v) is 7.52. The summed E-state index contributed by atoms with van der Waals surface area (Å²) in [6.45, 7) is 4.80. The second kappa shape index (κ2) is 8.89. The van der Waals surface area contributed by atoms with Crippen molar-refractivity contribution in [2.24, 2.45) is 5.41 Å². The quantitative estimate of drug-likeness (QED) is 0.454. The third-order valence-electron chi connectivity index (χ3n) is 9.69. The lowest BCUT2D eigenvalue weighted by atomic mass is 9.55. The summed E-state index contributed by atoms with van der Waals surface area (Å²) in [7, 11) is 3.51. The minimum Gasteiger partial charge on any atom is -0.441 e. The van der Waals surface area contributed by atoms with Gasteiger partial charge >= 0.3 is 6.09 Å². The lowest BCUT2D eigenvalue weighted by Gasteiger charge is -2.62. The van der Waals surface area contributed by atoms with Crippen molar-refractivity contribution in [2.75, 3.05) is 30.9 Å². The van der Waals surface area contributed by atoms with Crippen LogP contribution in [0.4, 0.5) is 22.2 Å². The highest BCUT2D eigenvalue weighted by atomic mass is 16.6. The molecule has 2 aliphatic carbocycles. The van der Waals surface area contributed by atoms with Crippen molar-refractivity contribution >= 4 is 40.5 Å². The van der Waals surface area contributed by atoms with Gasteiger partial charge in [0.15, 0.2) is 0 Å². The Morgan fingerprint density at radius 1 is 1.23 bits per heavy atom. The van der Waals surface area contributed by atoms with Crippen LogP contribution in [0, 0.1) is 5.41 Å². The summed E-state index contributed by atoms with van der Waals surface area (Å²) in [5.41, 5.74) is 1.98. The number of ether oxygens (including phenoxy) is 1. The van der Waals surface area contributed by atoms with Gasteiger partial charge in [-0.15, -0.1) is 0 Å². The summed E-state index contributed by atoms with van der Waals surface area (Å²) in [5.74, 6) is 0.896. The maximum absolute atomic E-state index is 13.0. The van der Waals surface area contributed by atoms with Crippen LogP contribution in [-0.2, 0) is 4.74 Å². The number of anilines is 3. The van der Waals surface area contributed by atoms with Crippen molar-refractivity contribution < 1.29 is 14.3 Å². The molecule has 0 radical (unpaired) electrons. The number of nitrogens with one attached hydrogen (secondary N) is 2. The molecule has 2 amide bonds. The van der Waals surface area contributed by atoms with E-state index in [0.29, 0.717) is 52.8 Å². The highest BCUT2D eigenvalue weighted by molar-refractivity contribution is 5.98. The predicted molar refractivity (Wildman–Crippen MR) is 151 cm³/mol. The molecule has 2 saturated carbocycles. The highest BCUT2D eigenvalue weighted by Crippen LogP contribution is 2.64. The van der Waals surface area contributed by atoms with E-state index in [1.165, 1.54) is 12.8 Å². The number of carbonyl (C=O) groups is 2. The van der Waals surface area contributed by atoms with Gasteiger partial charge in [-0.25, -0.2) is 14.8 Å². The minimum absolute atomic E-state index is 0.0624. The van der Waals surface area contributed by atoms with E-state index in [2.05, 4.69) is 34.4 Å². The molecule has 0 bridgehead atoms. The lowest BCUT2D eigenvalue weighted by molar-refractivity contribution is -0.0631. The molecular weight excluding hydrogens is 508 g/mol. The third kappa shape index (κ3) is 3.63. The zero-order valence-corrected chi connectivity index (χ0v) is 23.5. The maximum Gasteiger partial charge on any atom is 0.415 e. The normalized spacial score (nSPS) is 28.3. The summed E-state index contributed by atoms with van der Waals surface area (Å²) >= 11 is 0. The van der Waals surface area contributed by atoms with Gasteiger partial charge in [-0.3, -0.25) is 9.69 Å². The standard InChI is InChI=1S/C29H36N8O3/c1-5-18(6-2)37-20(25(38)35(3)4)11-17-13-31-26(34-24(17)37)33-23-8-7-19(14-30-23)36-16-28(40-27(36)39)12-22-29(15-28)10-9-21(29)32-22/h7-8,11,13-14,18,21-22,32H,5-6,9-10,12,15-16H2,1-4H3,(H,30,31,33,34). The molecule has 3 aromatic heterocycles. The largest absolute Gasteiger partial charge is 0.441 e. The van der Waals surface area contributed by atoms with Crippen molar-refractivity contribution in [2.45, 2.75) is 76.1 Å². The Hall–Kier alpha value is -3.73. The SMILES string of the molecule is CCC(CC)n1c(C(=O)N(C)C)cc2cnc(Nc3ccc(N4CC5(CC6NC7CCC76C5)OC4=O)cn3)nc21. The molecule has 2 aliphatic heterocycles. The van der Waals surface area contributed by atoms with Crippen LogP contribution in [0.5, 0.6) is 0 Å². The molecule has 0 aromatic carbocycles. The zero-order valence-electron chi connectivity index (χ0n) is 23.5. The molecule has 11 nitrogen and oxygen atoms in total. The van der Waals surface area contributed by atoms with Crippen LogP contribution in [0.15, 0.2) is 30.6 Å². The van der Waals surface area contributed by atoms with Crippen LogP contribution in [0.1, 0.15) is 68.9 Å². The first-order valence-electron chi connectivity index (χ1n) is 14.3. The number of rotatable bonds is 7. The molecule has 5 heterocycles. The van der Waals surface area contributed by atoms with Gasteiger partial charge in [-0.1, -0.05) is 13.8 Å². The Labute approximate surface area is 233 Å². The molecule has 7 rings (SSSR count). The van der Waals surface area contributed by atoms with Crippen LogP contribution in [0.25, 0.3) is 11.0 Å². The summed E-state index contributed by atoms with van der Waals surface area (Å²) in [6, 6.07) is 6.79. The van der Waals surface area contributed by atoms with Gasteiger partial charge in [-0.05, 0) is 50.3 Å². The lowest BCUT2D eigenvalue weighted by Crippen LogP contribution is -2.73. The third-order valence-corrected chi connectivity index (χ3v) is 9.69. The van der Waals surface area contributed by atoms with Crippen molar-refractivity contribution in [3.05, 3.63) is 36.3 Å². The molecule has 4 unspecified atom stereocenters. The number of nitrogens with zero attached hydrogens (tertiary/aromatic N) is 6. The molecule has 4 atom stereocenters. The number of aromatic nitrogens is 4. The summed E-state index contributed by atoms with van der Waals surface area (Å²) < 4.78 is 8.04. The highest BCUT2D eigenvalue weighted by Gasteiger charge is 2.71. The molecular formula is C29H36N8O3. The van der Waals surface area contributed by atoms with Gasteiger partial charge in [0.25, 0.3) is 5.91 Å². The topological polar surface area (TPSA) is 118 Å². The van der Waals surface area contributed by atoms with Crippen molar-refractivity contribution in [1.82, 2.24) is 29.7 Å². The second-order valence-electron chi connectivity index (χ2n) is 12.1. The van der Waals surface area contributed by atoms with Crippen molar-refractivity contribution in [3.63, 3.8) is 0 Å². The van der Waals surface area contributed by atoms with E-state index in [1.807, 2.05) is 22.8 Å². The van der Waals surface area contributed by atoms with E-state index < -0.39 is 5.60 Å². The second-order valence-corrected chi connectivity index (χ2v) is 12.1. The average Bonchev–Trinajstić information content (AvgIpc) is 3.58. The molecule has 2 N–H and O–H groups in total. The van der Waals surface area contributed by atoms with E-state index >= 15 is 0 Å². The van der Waals surface area contributed by atoms with Crippen LogP contribution < -0.4 is 15.5 Å². The smallest absolute Gasteiger partial charge is 0.415 e. The van der Waals surface area contributed by atoms with Gasteiger partial charge in [0.05, 0.1) is 18.4 Å². The maximum atomic E-state index is 13.0. The Bertz CT molecular complexity index is 1500. The number of hydrogen-bond donors (Lipinski definition) is 2. The summed E-state index contributed by atoms with van der Waals surface area (Å²) in [6.07, 6.45) is 9.20. The van der Waals surface area contributed by atoms with Crippen LogP contribution in [0.2, 0.25) is 0 Å². The van der Waals surface area contributed by atoms with E-state index in [-0.39, 0.29) is 18.0 Å². The van der Waals surface area contributed by atoms with Gasteiger partial charge in [0.2, 0.25) is 5.95 Å². The number of pyridine rings is 1. The zero-order chi connectivity index (χ0) is 27.8. The van der Waals surface area contributed by atoms with Gasteiger partial charge < -0.3 is 24.8 Å². The van der Waals surface area contributed by atoms with Crippen molar-refractivity contribution in [3.8, 4) is 0 Å². The Kier molecular flexibility index (Phi) is 5.61. The molecule has 2 saturated heterocycles. The molecule has 2 spiro atoms. The molecule has 210 valence electrons. The summed E-state index contributed by atoms with van der Waals surface area (Å²) in [4.78, 5) is 43.0. The van der Waals surface area contributed by atoms with Gasteiger partial charge in [-0.2, -0.15) is 4.98 Å². The van der Waals surface area contributed by atoms with E-state index in [9.17, 15) is 9.59 Å². The predicted octanol–water partition coefficient (Wildman–Crippen LogP) is 4.24. The van der Waals surface area contributed by atoms with Crippen LogP contribution >= 0.6 is 0 Å². The first-order valence-corrected chi connectivity index (χ1v) is 14.3. The Morgan fingerprint density at radius 3 is 2.67 bits per heavy atom. The van der Waals surface area contributed by atoms with E-state index in [0.717, 1.165) is 31.1 Å². The molecule has 4 fully saturated rings. The first-order chi connectivity index (χ1) is 19.3. The fourth-order valence-electron chi connectivity index (χ4n) is 7.52. The van der Waals surface area contributed by atoms with Crippen molar-refractivity contribution in [1.29, 1.82) is 0 Å². The van der Waals surface area contributed by atoms with Crippen LogP contribution in [0.3, 0.4) is 0 Å². The van der Waals surface area contributed by atoms with Crippen LogP contribution in [-0.4, -0.2) is 74.7 Å². The van der Waals surface area contributed by atoms with E-state index in [1.54, 1.807) is 36.3 Å². The number of carbonyl (C=O) groups excluding carboxylic acids is 2. The molecule has 4 aliphatic rings. The molecule has 3 aromatic rings. The summed E-state index contributed by atoms with van der Waals surface area (Å²) in [5, 5.41) is 7.66. The first kappa shape index (κ1) is 25.3. The van der Waals surface area contributed by atoms with Gasteiger partial charge in [0.1, 0.15) is 22.8 Å². The minimum atomic E-state index is -0.402. The fraction of sp³-hybridized carbons (Fsp3) is 0.552. The number of amides is 2. The monoisotopic (exact) mass is 544 g/mol. The average molecular weight is 545 g/mol. The Balaban J connectivity index is 1.11. The molecule has 40 heavy (non-hydrogen) atoms. The van der Waals surface area contributed by atoms with E-state index in [4.69, 9.17) is 9.72 Å². The number of fused-ring (bicyclic) bond motifs is 1. The van der Waals surface area contributed by atoms with Gasteiger partial charge in [0, 0.05) is 55.6 Å². The number of piperidine rings is 1. The molecule has 11 heteroatoms. The Morgan fingerprint density at radius 2 is 2.05 bits per heavy atom.